The molecule has 0 unspecified atom stereocenters. The topological polar surface area (TPSA) is 64.0 Å². The number of benzene rings is 1. The largest absolute Gasteiger partial charge is 0.270 e. The van der Waals surface area contributed by atoms with Crippen molar-refractivity contribution in [3.63, 3.8) is 0 Å². The number of sulfonamides is 1. The van der Waals surface area contributed by atoms with Gasteiger partial charge in [0.25, 0.3) is 0 Å². The van der Waals surface area contributed by atoms with Gasteiger partial charge in [-0.05, 0) is 56.4 Å². The van der Waals surface area contributed by atoms with E-state index in [-0.39, 0.29) is 0 Å². The Morgan fingerprint density at radius 2 is 2.00 bits per heavy atom. The van der Waals surface area contributed by atoms with Gasteiger partial charge in [0.1, 0.15) is 0 Å². The molecule has 0 aliphatic heterocycles. The fourth-order valence-electron chi connectivity index (χ4n) is 3.05. The average Bonchev–Trinajstić information content (AvgIpc) is 2.88. The van der Waals surface area contributed by atoms with Gasteiger partial charge >= 0.3 is 0 Å². The minimum atomic E-state index is -3.40. The molecule has 0 saturated carbocycles. The molecule has 1 N–H and O–H groups in total. The number of nitrogens with one attached hydrogen (secondary N) is 1. The third-order valence-corrected chi connectivity index (χ3v) is 5.90. The molecule has 0 amide bonds. The van der Waals surface area contributed by atoms with E-state index in [1.807, 2.05) is 42.8 Å². The van der Waals surface area contributed by atoms with Gasteiger partial charge in [-0.2, -0.15) is 5.10 Å². The maximum atomic E-state index is 12.5. The zero-order valence-electron chi connectivity index (χ0n) is 14.1. The molecule has 24 heavy (non-hydrogen) atoms. The van der Waals surface area contributed by atoms with Gasteiger partial charge in [-0.1, -0.05) is 24.3 Å². The molecule has 1 aliphatic carbocycles. The number of allylic oxidation sites excluding steroid dienone is 1. The Balaban J connectivity index is 1.59. The molecule has 3 rings (SSSR count). The smallest absolute Gasteiger partial charge is 0.236 e. The quantitative estimate of drug-likeness (QED) is 0.819. The monoisotopic (exact) mass is 345 g/mol. The summed E-state index contributed by atoms with van der Waals surface area (Å²) in [6.45, 7) is 5.10. The summed E-state index contributed by atoms with van der Waals surface area (Å²) in [4.78, 5) is 0.479. The Hall–Kier alpha value is -1.92. The second-order valence-corrected chi connectivity index (χ2v) is 8.03. The van der Waals surface area contributed by atoms with Crippen molar-refractivity contribution in [3.8, 4) is 0 Å². The molecule has 0 bridgehead atoms. The van der Waals surface area contributed by atoms with Crippen LogP contribution in [0.3, 0.4) is 0 Å². The highest BCUT2D eigenvalue weighted by molar-refractivity contribution is 7.93. The van der Waals surface area contributed by atoms with Crippen LogP contribution in [0.2, 0.25) is 0 Å². The molecule has 0 spiro atoms. The fourth-order valence-corrected chi connectivity index (χ4v) is 4.30. The lowest BCUT2D eigenvalue weighted by molar-refractivity contribution is 0.546. The van der Waals surface area contributed by atoms with E-state index >= 15 is 0 Å². The third kappa shape index (κ3) is 3.76. The van der Waals surface area contributed by atoms with Crippen LogP contribution in [-0.2, 0) is 23.0 Å². The molecule has 1 aromatic carbocycles. The van der Waals surface area contributed by atoms with Crippen molar-refractivity contribution in [2.45, 2.75) is 39.7 Å². The van der Waals surface area contributed by atoms with Crippen LogP contribution in [0.5, 0.6) is 0 Å². The van der Waals surface area contributed by atoms with Crippen LogP contribution in [-0.4, -0.2) is 24.7 Å². The fraction of sp³-hybridized carbons (Fsp3) is 0.389. The number of aromatic nitrogens is 2. The molecule has 1 aliphatic rings. The van der Waals surface area contributed by atoms with E-state index in [1.54, 1.807) is 6.08 Å². The standard InChI is InChI=1S/C18H23N3O2S/c1-14-12-15(2)21(20-14)11-5-10-19-24(22,23)18-9-8-16-6-3-4-7-17(16)13-18/h3-4,6-7,12-13,19H,5,8-11H2,1-2H3. The van der Waals surface area contributed by atoms with Crippen molar-refractivity contribution in [1.82, 2.24) is 14.5 Å². The van der Waals surface area contributed by atoms with Crippen LogP contribution in [0.15, 0.2) is 35.2 Å². The summed E-state index contributed by atoms with van der Waals surface area (Å²) >= 11 is 0. The van der Waals surface area contributed by atoms with Crippen LogP contribution in [0.4, 0.5) is 0 Å². The van der Waals surface area contributed by atoms with Gasteiger partial charge in [-0.3, -0.25) is 4.68 Å². The molecule has 0 radical (unpaired) electrons. The van der Waals surface area contributed by atoms with Crippen molar-refractivity contribution in [2.24, 2.45) is 0 Å². The van der Waals surface area contributed by atoms with Crippen LogP contribution in [0, 0.1) is 13.8 Å². The SMILES string of the molecule is Cc1cc(C)n(CCCNS(=O)(=O)C2=Cc3ccccc3CC2)n1. The number of hydrogen-bond donors (Lipinski definition) is 1. The summed E-state index contributed by atoms with van der Waals surface area (Å²) < 4.78 is 29.6. The lowest BCUT2D eigenvalue weighted by atomic mass is 9.98. The Labute approximate surface area is 143 Å². The molecule has 1 heterocycles. The van der Waals surface area contributed by atoms with E-state index in [9.17, 15) is 8.42 Å². The number of aryl methyl sites for hydroxylation is 4. The average molecular weight is 345 g/mol. The van der Waals surface area contributed by atoms with Crippen LogP contribution >= 0.6 is 0 Å². The summed E-state index contributed by atoms with van der Waals surface area (Å²) in [5.41, 5.74) is 4.30. The van der Waals surface area contributed by atoms with Gasteiger partial charge in [-0.15, -0.1) is 0 Å². The zero-order chi connectivity index (χ0) is 17.2. The van der Waals surface area contributed by atoms with Gasteiger partial charge in [-0.25, -0.2) is 13.1 Å². The molecule has 0 fully saturated rings. The van der Waals surface area contributed by atoms with Gasteiger partial charge < -0.3 is 0 Å². The van der Waals surface area contributed by atoms with E-state index in [2.05, 4.69) is 15.9 Å². The summed E-state index contributed by atoms with van der Waals surface area (Å²) in [5, 5.41) is 4.39. The van der Waals surface area contributed by atoms with Gasteiger partial charge in [0.2, 0.25) is 10.0 Å². The molecule has 0 saturated heterocycles. The molecule has 1 aromatic heterocycles. The first-order valence-corrected chi connectivity index (χ1v) is 9.73. The number of fused-ring (bicyclic) bond motifs is 1. The highest BCUT2D eigenvalue weighted by atomic mass is 32.2. The minimum absolute atomic E-state index is 0.416. The van der Waals surface area contributed by atoms with Crippen LogP contribution in [0.1, 0.15) is 35.4 Å². The Kier molecular flexibility index (Phi) is 4.87. The molecule has 0 atom stereocenters. The molecule has 5 nitrogen and oxygen atoms in total. The second kappa shape index (κ2) is 6.91. The lowest BCUT2D eigenvalue weighted by Crippen LogP contribution is -2.28. The Morgan fingerprint density at radius 1 is 1.21 bits per heavy atom. The van der Waals surface area contributed by atoms with Gasteiger partial charge in [0.05, 0.1) is 10.6 Å². The highest BCUT2D eigenvalue weighted by Crippen LogP contribution is 2.26. The van der Waals surface area contributed by atoms with E-state index in [0.717, 1.165) is 23.4 Å². The van der Waals surface area contributed by atoms with E-state index < -0.39 is 10.0 Å². The van der Waals surface area contributed by atoms with Gasteiger partial charge in [0.15, 0.2) is 0 Å². The van der Waals surface area contributed by atoms with Crippen molar-refractivity contribution >= 4 is 16.1 Å². The first-order chi connectivity index (χ1) is 11.5. The first-order valence-electron chi connectivity index (χ1n) is 8.25. The van der Waals surface area contributed by atoms with E-state index in [4.69, 9.17) is 0 Å². The van der Waals surface area contributed by atoms with Crippen molar-refractivity contribution in [1.29, 1.82) is 0 Å². The van der Waals surface area contributed by atoms with Crippen molar-refractivity contribution < 1.29 is 8.42 Å². The molecular formula is C18H23N3O2S. The Bertz CT molecular complexity index is 866. The van der Waals surface area contributed by atoms with E-state index in [0.29, 0.717) is 30.8 Å². The van der Waals surface area contributed by atoms with Crippen LogP contribution in [0.25, 0.3) is 6.08 Å². The molecule has 128 valence electrons. The minimum Gasteiger partial charge on any atom is -0.270 e. The predicted molar refractivity (Wildman–Crippen MR) is 96.0 cm³/mol. The molecule has 6 heteroatoms. The Morgan fingerprint density at radius 3 is 2.75 bits per heavy atom. The first kappa shape index (κ1) is 16.9. The summed E-state index contributed by atoms with van der Waals surface area (Å²) in [6.07, 6.45) is 3.84. The van der Waals surface area contributed by atoms with E-state index in [1.165, 1.54) is 5.56 Å². The summed E-state index contributed by atoms with van der Waals surface area (Å²) in [5.74, 6) is 0. The number of nitrogens with zero attached hydrogens (tertiary/aromatic N) is 2. The number of hydrogen-bond acceptors (Lipinski definition) is 3. The molecule has 2 aromatic rings. The maximum Gasteiger partial charge on any atom is 0.236 e. The zero-order valence-corrected chi connectivity index (χ0v) is 14.9. The third-order valence-electron chi connectivity index (χ3n) is 4.30. The highest BCUT2D eigenvalue weighted by Gasteiger charge is 2.21. The lowest BCUT2D eigenvalue weighted by Gasteiger charge is -2.17. The summed E-state index contributed by atoms with van der Waals surface area (Å²) in [7, 11) is -3.40. The van der Waals surface area contributed by atoms with Gasteiger partial charge in [0, 0.05) is 18.8 Å². The van der Waals surface area contributed by atoms with Crippen molar-refractivity contribution in [2.75, 3.05) is 6.54 Å². The number of rotatable bonds is 6. The predicted octanol–water partition coefficient (Wildman–Crippen LogP) is 2.80. The van der Waals surface area contributed by atoms with Crippen LogP contribution < -0.4 is 4.72 Å². The normalized spacial score (nSPS) is 14.3. The maximum absolute atomic E-state index is 12.5. The van der Waals surface area contributed by atoms with Crippen molar-refractivity contribution in [3.05, 3.63) is 57.8 Å². The summed E-state index contributed by atoms with van der Waals surface area (Å²) in [6, 6.07) is 9.97. The molecular weight excluding hydrogens is 322 g/mol. The second-order valence-electron chi connectivity index (χ2n) is 6.21.